The highest BCUT2D eigenvalue weighted by atomic mass is 35.5. The van der Waals surface area contributed by atoms with E-state index in [1.807, 2.05) is 0 Å². The molecule has 0 aliphatic carbocycles. The predicted octanol–water partition coefficient (Wildman–Crippen LogP) is 2.39. The lowest BCUT2D eigenvalue weighted by Gasteiger charge is -2.09. The highest BCUT2D eigenvalue weighted by Crippen LogP contribution is 2.33. The molecule has 0 saturated heterocycles. The first kappa shape index (κ1) is 11.3. The number of hydrogen-bond donors (Lipinski definition) is 0. The van der Waals surface area contributed by atoms with Crippen LogP contribution in [-0.2, 0) is 9.84 Å². The third-order valence-electron chi connectivity index (χ3n) is 1.43. The van der Waals surface area contributed by atoms with Crippen molar-refractivity contribution in [2.75, 3.05) is 0 Å². The molecule has 0 amide bonds. The number of rotatable bonds is 2. The second-order valence-corrected chi connectivity index (χ2v) is 5.04. The first-order chi connectivity index (χ1) is 6.27. The molecule has 0 radical (unpaired) electrons. The largest absolute Gasteiger partial charge is 0.427 e. The zero-order valence-corrected chi connectivity index (χ0v) is 8.12. The summed E-state index contributed by atoms with van der Waals surface area (Å²) in [4.78, 5) is -1.11. The number of benzene rings is 1. The second kappa shape index (κ2) is 3.43. The molecule has 0 spiro atoms. The van der Waals surface area contributed by atoms with Gasteiger partial charge in [0.15, 0.2) is 0 Å². The molecule has 0 unspecified atom stereocenters. The number of sulfone groups is 1. The van der Waals surface area contributed by atoms with Crippen LogP contribution in [0.5, 0.6) is 0 Å². The van der Waals surface area contributed by atoms with E-state index >= 15 is 0 Å². The van der Waals surface area contributed by atoms with Gasteiger partial charge < -0.3 is 0 Å². The van der Waals surface area contributed by atoms with Crippen molar-refractivity contribution in [2.24, 2.45) is 0 Å². The molecule has 7 heteroatoms. The van der Waals surface area contributed by atoms with Crippen molar-refractivity contribution in [2.45, 2.75) is 9.61 Å². The summed E-state index contributed by atoms with van der Waals surface area (Å²) in [5.74, 6) is -1.26. The van der Waals surface area contributed by atoms with Crippen LogP contribution in [-0.4, -0.2) is 13.1 Å². The molecule has 0 heterocycles. The maximum atomic E-state index is 12.8. The van der Waals surface area contributed by atoms with Crippen molar-refractivity contribution in [1.29, 1.82) is 0 Å². The fraction of sp³-hybridized carbons (Fsp3) is 0.143. The maximum Gasteiger partial charge on any atom is 0.427 e. The average molecular weight is 245 g/mol. The first-order valence-corrected chi connectivity index (χ1v) is 5.19. The Morgan fingerprint density at radius 2 is 1.71 bits per heavy atom. The number of halogens is 4. The maximum absolute atomic E-state index is 12.8. The molecular weight excluding hydrogens is 241 g/mol. The third-order valence-corrected chi connectivity index (χ3v) is 3.56. The minimum Gasteiger partial charge on any atom is -0.216 e. The van der Waals surface area contributed by atoms with Gasteiger partial charge in [0, 0.05) is 0 Å². The summed E-state index contributed by atoms with van der Waals surface area (Å²) in [6.45, 7) is 0. The van der Waals surface area contributed by atoms with Crippen molar-refractivity contribution >= 4 is 21.4 Å². The smallest absolute Gasteiger partial charge is 0.216 e. The van der Waals surface area contributed by atoms with E-state index in [0.717, 1.165) is 18.2 Å². The van der Waals surface area contributed by atoms with Gasteiger partial charge >= 0.3 is 4.71 Å². The first-order valence-electron chi connectivity index (χ1n) is 3.32. The zero-order chi connectivity index (χ0) is 11.0. The minimum atomic E-state index is -5.15. The summed E-state index contributed by atoms with van der Waals surface area (Å²) >= 11 is 4.34. The predicted molar refractivity (Wildman–Crippen MR) is 44.4 cm³/mol. The summed E-state index contributed by atoms with van der Waals surface area (Å²) in [6.07, 6.45) is 0. The van der Waals surface area contributed by atoms with Gasteiger partial charge in [0.2, 0.25) is 0 Å². The van der Waals surface area contributed by atoms with E-state index in [0.29, 0.717) is 0 Å². The molecular formula is C7H4ClF3O2S. The van der Waals surface area contributed by atoms with Gasteiger partial charge in [-0.3, -0.25) is 0 Å². The van der Waals surface area contributed by atoms with E-state index in [9.17, 15) is 21.6 Å². The normalized spacial score (nSPS) is 12.9. The van der Waals surface area contributed by atoms with Crippen molar-refractivity contribution in [1.82, 2.24) is 0 Å². The lowest BCUT2D eigenvalue weighted by Crippen LogP contribution is -2.22. The van der Waals surface area contributed by atoms with Gasteiger partial charge in [0.25, 0.3) is 9.84 Å². The Balaban J connectivity index is 3.40. The molecule has 14 heavy (non-hydrogen) atoms. The fourth-order valence-electron chi connectivity index (χ4n) is 0.787. The molecule has 0 bridgehead atoms. The molecule has 0 aliphatic heterocycles. The van der Waals surface area contributed by atoms with Gasteiger partial charge in [-0.15, -0.1) is 0 Å². The van der Waals surface area contributed by atoms with Crippen LogP contribution >= 0.6 is 11.6 Å². The molecule has 1 aromatic carbocycles. The highest BCUT2D eigenvalue weighted by molar-refractivity contribution is 7.93. The van der Waals surface area contributed by atoms with Crippen molar-refractivity contribution in [3.8, 4) is 0 Å². The van der Waals surface area contributed by atoms with E-state index in [1.165, 1.54) is 6.07 Å². The van der Waals surface area contributed by atoms with Crippen LogP contribution in [0.2, 0.25) is 0 Å². The second-order valence-electron chi connectivity index (χ2n) is 2.38. The Morgan fingerprint density at radius 1 is 1.21 bits per heavy atom. The molecule has 0 saturated carbocycles. The van der Waals surface area contributed by atoms with Crippen LogP contribution in [0.3, 0.4) is 0 Å². The van der Waals surface area contributed by atoms with E-state index in [-0.39, 0.29) is 0 Å². The molecule has 0 fully saturated rings. The van der Waals surface area contributed by atoms with E-state index < -0.39 is 25.3 Å². The summed E-state index contributed by atoms with van der Waals surface area (Å²) < 4.78 is 55.0. The standard InChI is InChI=1S/C7H4ClF3O2S/c8-7(10,11)14(12,13)6-4-2-1-3-5(6)9/h1-4H. The van der Waals surface area contributed by atoms with Gasteiger partial charge in [-0.05, 0) is 23.7 Å². The monoisotopic (exact) mass is 244 g/mol. The van der Waals surface area contributed by atoms with Crippen molar-refractivity contribution in [3.63, 3.8) is 0 Å². The summed E-state index contributed by atoms with van der Waals surface area (Å²) in [7, 11) is -5.15. The Bertz CT molecular complexity index is 438. The Kier molecular flexibility index (Phi) is 2.78. The molecule has 0 aliphatic rings. The van der Waals surface area contributed by atoms with E-state index in [4.69, 9.17) is 0 Å². The molecule has 78 valence electrons. The quantitative estimate of drug-likeness (QED) is 0.749. The van der Waals surface area contributed by atoms with Crippen LogP contribution in [0.4, 0.5) is 13.2 Å². The lowest BCUT2D eigenvalue weighted by molar-refractivity contribution is 0.186. The van der Waals surface area contributed by atoms with Gasteiger partial charge in [0.1, 0.15) is 10.7 Å². The molecule has 1 rings (SSSR count). The molecule has 1 aromatic rings. The van der Waals surface area contributed by atoms with Crippen molar-refractivity contribution in [3.05, 3.63) is 30.1 Å². The Labute approximate surface area is 83.2 Å². The van der Waals surface area contributed by atoms with Gasteiger partial charge in [-0.2, -0.15) is 8.78 Å². The van der Waals surface area contributed by atoms with Crippen LogP contribution in [0.25, 0.3) is 0 Å². The van der Waals surface area contributed by atoms with Crippen LogP contribution < -0.4 is 0 Å². The molecule has 2 nitrogen and oxygen atoms in total. The number of hydrogen-bond acceptors (Lipinski definition) is 2. The summed E-state index contributed by atoms with van der Waals surface area (Å²) in [5.41, 5.74) is 0. The fourth-order valence-corrected chi connectivity index (χ4v) is 1.87. The molecule has 0 N–H and O–H groups in total. The van der Waals surface area contributed by atoms with Crippen molar-refractivity contribution < 1.29 is 21.6 Å². The van der Waals surface area contributed by atoms with Crippen LogP contribution in [0.1, 0.15) is 0 Å². The number of alkyl halides is 3. The summed E-state index contributed by atoms with van der Waals surface area (Å²) in [5, 5.41) is 0. The molecule has 0 atom stereocenters. The highest BCUT2D eigenvalue weighted by Gasteiger charge is 2.45. The molecule has 0 aromatic heterocycles. The van der Waals surface area contributed by atoms with Crippen LogP contribution in [0.15, 0.2) is 29.2 Å². The van der Waals surface area contributed by atoms with E-state index in [1.54, 1.807) is 0 Å². The average Bonchev–Trinajstić information content (AvgIpc) is 2.02. The van der Waals surface area contributed by atoms with Gasteiger partial charge in [0.05, 0.1) is 0 Å². The zero-order valence-electron chi connectivity index (χ0n) is 6.55. The Morgan fingerprint density at radius 3 is 2.14 bits per heavy atom. The minimum absolute atomic E-state index is 0.723. The SMILES string of the molecule is O=S(=O)(c1ccccc1F)C(F)(F)Cl. The van der Waals surface area contributed by atoms with Crippen LogP contribution in [0, 0.1) is 5.82 Å². The topological polar surface area (TPSA) is 34.1 Å². The lowest BCUT2D eigenvalue weighted by atomic mass is 10.4. The Hall–Kier alpha value is -0.750. The van der Waals surface area contributed by atoms with E-state index in [2.05, 4.69) is 11.6 Å². The third kappa shape index (κ3) is 1.85. The van der Waals surface area contributed by atoms with Gasteiger partial charge in [-0.1, -0.05) is 12.1 Å². The van der Waals surface area contributed by atoms with Gasteiger partial charge in [-0.25, -0.2) is 12.8 Å². The summed E-state index contributed by atoms with van der Waals surface area (Å²) in [6, 6.07) is 3.79.